The van der Waals surface area contributed by atoms with E-state index in [4.69, 9.17) is 23.2 Å². The van der Waals surface area contributed by atoms with E-state index in [1.54, 1.807) is 0 Å². The van der Waals surface area contributed by atoms with Gasteiger partial charge in [0.05, 0.1) is 10.9 Å². The summed E-state index contributed by atoms with van der Waals surface area (Å²) in [5.41, 5.74) is 2.58. The average Bonchev–Trinajstić information content (AvgIpc) is 2.74. The standard InChI is InChI=1S/C23H21Cl2FN2O2S/c24-19-7-3-17(4-8-19)23(18-5-9-20(25)10-6-18)28-14-21(15-28)27-31(29,30)22-11-1-16(13-26)2-12-22/h1-12,21,23,27H,13-15H2. The van der Waals surface area contributed by atoms with Crippen molar-refractivity contribution < 1.29 is 12.8 Å². The molecule has 1 saturated heterocycles. The normalized spacial score (nSPS) is 15.2. The van der Waals surface area contributed by atoms with Crippen LogP contribution in [0.3, 0.4) is 0 Å². The summed E-state index contributed by atoms with van der Waals surface area (Å²) < 4.78 is 40.8. The highest BCUT2D eigenvalue weighted by atomic mass is 35.5. The molecule has 0 unspecified atom stereocenters. The summed E-state index contributed by atoms with van der Waals surface area (Å²) in [5, 5.41) is 1.32. The van der Waals surface area contributed by atoms with Crippen molar-refractivity contribution in [2.24, 2.45) is 0 Å². The lowest BCUT2D eigenvalue weighted by Crippen LogP contribution is -2.60. The Labute approximate surface area is 191 Å². The van der Waals surface area contributed by atoms with Gasteiger partial charge in [0, 0.05) is 29.2 Å². The molecule has 162 valence electrons. The second kappa shape index (κ2) is 9.27. The zero-order valence-electron chi connectivity index (χ0n) is 16.5. The van der Waals surface area contributed by atoms with Crippen LogP contribution in [0, 0.1) is 0 Å². The third kappa shape index (κ3) is 5.10. The van der Waals surface area contributed by atoms with Crippen LogP contribution in [0.15, 0.2) is 77.7 Å². The Morgan fingerprint density at radius 3 is 1.81 bits per heavy atom. The monoisotopic (exact) mass is 478 g/mol. The predicted molar refractivity (Wildman–Crippen MR) is 122 cm³/mol. The summed E-state index contributed by atoms with van der Waals surface area (Å²) >= 11 is 12.1. The van der Waals surface area contributed by atoms with E-state index in [0.717, 1.165) is 11.1 Å². The first-order chi connectivity index (χ1) is 14.9. The van der Waals surface area contributed by atoms with E-state index in [9.17, 15) is 12.8 Å². The number of nitrogens with one attached hydrogen (secondary N) is 1. The van der Waals surface area contributed by atoms with Crippen LogP contribution >= 0.6 is 23.2 Å². The fraction of sp³-hybridized carbons (Fsp3) is 0.217. The highest BCUT2D eigenvalue weighted by molar-refractivity contribution is 7.89. The van der Waals surface area contributed by atoms with Gasteiger partial charge in [-0.25, -0.2) is 17.5 Å². The molecule has 0 aliphatic carbocycles. The highest BCUT2D eigenvalue weighted by Gasteiger charge is 2.36. The largest absolute Gasteiger partial charge is 0.289 e. The summed E-state index contributed by atoms with van der Waals surface area (Å²) in [5.74, 6) is 0. The highest BCUT2D eigenvalue weighted by Crippen LogP contribution is 2.34. The van der Waals surface area contributed by atoms with Gasteiger partial charge in [-0.3, -0.25) is 4.90 Å². The van der Waals surface area contributed by atoms with Crippen LogP contribution in [-0.4, -0.2) is 32.4 Å². The van der Waals surface area contributed by atoms with Gasteiger partial charge in [-0.2, -0.15) is 0 Å². The molecule has 8 heteroatoms. The average molecular weight is 479 g/mol. The molecule has 0 saturated carbocycles. The van der Waals surface area contributed by atoms with Crippen molar-refractivity contribution in [2.75, 3.05) is 13.1 Å². The zero-order chi connectivity index (χ0) is 22.0. The molecule has 0 bridgehead atoms. The van der Waals surface area contributed by atoms with Crippen molar-refractivity contribution in [3.8, 4) is 0 Å². The molecule has 1 fully saturated rings. The Bertz CT molecular complexity index is 1090. The van der Waals surface area contributed by atoms with Gasteiger partial charge in [-0.15, -0.1) is 0 Å². The molecule has 1 aliphatic rings. The maximum absolute atomic E-state index is 12.7. The summed E-state index contributed by atoms with van der Waals surface area (Å²) in [6, 6.07) is 20.9. The number of nitrogens with zero attached hydrogens (tertiary/aromatic N) is 1. The van der Waals surface area contributed by atoms with Crippen LogP contribution in [0.5, 0.6) is 0 Å². The van der Waals surface area contributed by atoms with Gasteiger partial charge in [0.15, 0.2) is 0 Å². The molecule has 0 amide bonds. The SMILES string of the molecule is O=S(=O)(NC1CN(C(c2ccc(Cl)cc2)c2ccc(Cl)cc2)C1)c1ccc(CF)cc1. The molecule has 4 rings (SSSR count). The zero-order valence-corrected chi connectivity index (χ0v) is 18.8. The third-order valence-corrected chi connectivity index (χ3v) is 7.40. The van der Waals surface area contributed by atoms with Gasteiger partial charge in [0.25, 0.3) is 0 Å². The van der Waals surface area contributed by atoms with E-state index in [-0.39, 0.29) is 17.0 Å². The quantitative estimate of drug-likeness (QED) is 0.506. The van der Waals surface area contributed by atoms with Crippen molar-refractivity contribution in [3.63, 3.8) is 0 Å². The molecular weight excluding hydrogens is 458 g/mol. The predicted octanol–water partition coefficient (Wildman–Crippen LogP) is 5.22. The van der Waals surface area contributed by atoms with Crippen molar-refractivity contribution >= 4 is 33.2 Å². The molecule has 0 aromatic heterocycles. The van der Waals surface area contributed by atoms with E-state index in [1.165, 1.54) is 24.3 Å². The van der Waals surface area contributed by atoms with Crippen LogP contribution in [-0.2, 0) is 16.7 Å². The van der Waals surface area contributed by atoms with Crippen LogP contribution in [0.2, 0.25) is 10.0 Å². The minimum absolute atomic E-state index is 0.0425. The molecule has 1 N–H and O–H groups in total. The first kappa shape index (κ1) is 22.2. The Balaban J connectivity index is 1.49. The molecule has 31 heavy (non-hydrogen) atoms. The molecule has 3 aromatic rings. The number of halogens is 3. The van der Waals surface area contributed by atoms with Crippen molar-refractivity contribution in [3.05, 3.63) is 99.5 Å². The topological polar surface area (TPSA) is 49.4 Å². The van der Waals surface area contributed by atoms with E-state index >= 15 is 0 Å². The number of sulfonamides is 1. The van der Waals surface area contributed by atoms with Gasteiger partial charge >= 0.3 is 0 Å². The van der Waals surface area contributed by atoms with Crippen molar-refractivity contribution in [1.82, 2.24) is 9.62 Å². The fourth-order valence-electron chi connectivity index (χ4n) is 3.75. The van der Waals surface area contributed by atoms with Crippen LogP contribution in [0.1, 0.15) is 22.7 Å². The number of alkyl halides is 1. The van der Waals surface area contributed by atoms with Gasteiger partial charge in [0.2, 0.25) is 10.0 Å². The Morgan fingerprint density at radius 2 is 1.35 bits per heavy atom. The fourth-order valence-corrected chi connectivity index (χ4v) is 5.22. The lowest BCUT2D eigenvalue weighted by atomic mass is 9.93. The number of likely N-dealkylation sites (tertiary alicyclic amines) is 1. The van der Waals surface area contributed by atoms with Gasteiger partial charge < -0.3 is 0 Å². The molecule has 0 spiro atoms. The Hall–Kier alpha value is -1.96. The van der Waals surface area contributed by atoms with Gasteiger partial charge in [0.1, 0.15) is 6.67 Å². The number of hydrogen-bond donors (Lipinski definition) is 1. The van der Waals surface area contributed by atoms with Crippen molar-refractivity contribution in [1.29, 1.82) is 0 Å². The van der Waals surface area contributed by atoms with Crippen LogP contribution in [0.4, 0.5) is 4.39 Å². The lowest BCUT2D eigenvalue weighted by molar-refractivity contribution is 0.105. The second-order valence-electron chi connectivity index (χ2n) is 7.56. The lowest BCUT2D eigenvalue weighted by Gasteiger charge is -2.44. The smallest absolute Gasteiger partial charge is 0.240 e. The van der Waals surface area contributed by atoms with E-state index in [1.807, 2.05) is 48.5 Å². The van der Waals surface area contributed by atoms with E-state index in [2.05, 4.69) is 9.62 Å². The molecule has 1 aliphatic heterocycles. The number of hydrogen-bond acceptors (Lipinski definition) is 3. The van der Waals surface area contributed by atoms with E-state index < -0.39 is 16.7 Å². The van der Waals surface area contributed by atoms with Gasteiger partial charge in [-0.1, -0.05) is 59.6 Å². The minimum atomic E-state index is -3.67. The number of benzene rings is 3. The van der Waals surface area contributed by atoms with Crippen molar-refractivity contribution in [2.45, 2.75) is 23.7 Å². The minimum Gasteiger partial charge on any atom is -0.289 e. The number of rotatable bonds is 7. The Morgan fingerprint density at radius 1 is 0.871 bits per heavy atom. The molecule has 3 aromatic carbocycles. The summed E-state index contributed by atoms with van der Waals surface area (Å²) in [6.07, 6.45) is 0. The van der Waals surface area contributed by atoms with Gasteiger partial charge in [-0.05, 0) is 53.1 Å². The van der Waals surface area contributed by atoms with Crippen LogP contribution in [0.25, 0.3) is 0 Å². The molecule has 0 radical (unpaired) electrons. The summed E-state index contributed by atoms with van der Waals surface area (Å²) in [4.78, 5) is 2.33. The second-order valence-corrected chi connectivity index (χ2v) is 10.1. The third-order valence-electron chi connectivity index (χ3n) is 5.36. The maximum Gasteiger partial charge on any atom is 0.240 e. The molecule has 4 nitrogen and oxygen atoms in total. The molecular formula is C23H21Cl2FN2O2S. The summed E-state index contributed by atoms with van der Waals surface area (Å²) in [6.45, 7) is 0.484. The first-order valence-electron chi connectivity index (χ1n) is 9.78. The molecule has 1 heterocycles. The summed E-state index contributed by atoms with van der Waals surface area (Å²) in [7, 11) is -3.67. The molecule has 0 atom stereocenters. The maximum atomic E-state index is 12.7. The van der Waals surface area contributed by atoms with E-state index in [0.29, 0.717) is 28.7 Å². The van der Waals surface area contributed by atoms with Crippen LogP contribution < -0.4 is 4.72 Å². The first-order valence-corrected chi connectivity index (χ1v) is 12.0. The Kier molecular flexibility index (Phi) is 6.65.